The van der Waals surface area contributed by atoms with Crippen molar-refractivity contribution in [1.29, 1.82) is 0 Å². The third-order valence-corrected chi connectivity index (χ3v) is 5.97. The maximum atomic E-state index is 12.4. The number of ether oxygens (including phenoxy) is 1. The van der Waals surface area contributed by atoms with Crippen molar-refractivity contribution in [2.24, 2.45) is 0 Å². The number of rotatable bonds is 8. The molecule has 0 aliphatic rings. The Kier molecular flexibility index (Phi) is 7.05. The van der Waals surface area contributed by atoms with E-state index in [4.69, 9.17) is 9.72 Å². The first-order chi connectivity index (χ1) is 14.4. The quantitative estimate of drug-likeness (QED) is 0.532. The summed E-state index contributed by atoms with van der Waals surface area (Å²) in [5.74, 6) is -0.260. The molecular weight excluding hydrogens is 398 g/mol. The fourth-order valence-electron chi connectivity index (χ4n) is 3.45. The lowest BCUT2D eigenvalue weighted by Gasteiger charge is -2.09. The Morgan fingerprint density at radius 2 is 1.97 bits per heavy atom. The lowest BCUT2D eigenvalue weighted by molar-refractivity contribution is -0.140. The van der Waals surface area contributed by atoms with Gasteiger partial charge in [0.15, 0.2) is 0 Å². The van der Waals surface area contributed by atoms with E-state index < -0.39 is 0 Å². The highest BCUT2D eigenvalue weighted by Crippen LogP contribution is 2.29. The van der Waals surface area contributed by atoms with E-state index in [9.17, 15) is 9.59 Å². The zero-order valence-corrected chi connectivity index (χ0v) is 18.6. The van der Waals surface area contributed by atoms with Gasteiger partial charge in [0.2, 0.25) is 5.91 Å². The normalized spacial score (nSPS) is 10.8. The van der Waals surface area contributed by atoms with E-state index in [1.165, 1.54) is 18.4 Å². The summed E-state index contributed by atoms with van der Waals surface area (Å²) in [6, 6.07) is 9.84. The second kappa shape index (κ2) is 9.71. The van der Waals surface area contributed by atoms with Crippen molar-refractivity contribution in [3.05, 3.63) is 57.7 Å². The van der Waals surface area contributed by atoms with E-state index in [2.05, 4.69) is 29.8 Å². The Morgan fingerprint density at radius 3 is 2.70 bits per heavy atom. The Hall–Kier alpha value is -2.93. The number of para-hydroxylation sites is 1. The van der Waals surface area contributed by atoms with Crippen molar-refractivity contribution < 1.29 is 14.3 Å². The molecule has 6 nitrogen and oxygen atoms in total. The molecule has 0 aliphatic heterocycles. The van der Waals surface area contributed by atoms with Crippen LogP contribution in [0.15, 0.2) is 35.7 Å². The van der Waals surface area contributed by atoms with Crippen molar-refractivity contribution in [2.75, 3.05) is 12.4 Å². The fourth-order valence-corrected chi connectivity index (χ4v) is 4.24. The van der Waals surface area contributed by atoms with Crippen LogP contribution in [0.25, 0.3) is 11.3 Å². The van der Waals surface area contributed by atoms with Gasteiger partial charge in [-0.05, 0) is 44.9 Å². The molecule has 0 fully saturated rings. The van der Waals surface area contributed by atoms with Crippen molar-refractivity contribution in [3.8, 4) is 11.3 Å². The molecule has 0 saturated carbocycles. The van der Waals surface area contributed by atoms with Crippen LogP contribution >= 0.6 is 11.3 Å². The molecule has 2 heterocycles. The molecule has 7 heteroatoms. The fraction of sp³-hybridized carbons (Fsp3) is 0.348. The van der Waals surface area contributed by atoms with Crippen molar-refractivity contribution in [3.63, 3.8) is 0 Å². The molecule has 1 N–H and O–H groups in total. The molecule has 0 unspecified atom stereocenters. The molecular formula is C23H27N3O3S. The predicted molar refractivity (Wildman–Crippen MR) is 120 cm³/mol. The molecule has 1 aromatic carbocycles. The standard InChI is InChI=1S/C23H27N3O3S/c1-15-8-5-6-9-19(15)24-21(27)13-22-25-20(14-30-22)18-12-16(2)26(17(18)3)11-7-10-23(28)29-4/h5-6,8-9,12,14H,7,10-11,13H2,1-4H3,(H,24,27). The Balaban J connectivity index is 1.67. The maximum Gasteiger partial charge on any atom is 0.305 e. The summed E-state index contributed by atoms with van der Waals surface area (Å²) in [6.07, 6.45) is 1.38. The minimum Gasteiger partial charge on any atom is -0.469 e. The number of anilines is 1. The predicted octanol–water partition coefficient (Wildman–Crippen LogP) is 4.67. The minimum absolute atomic E-state index is 0.0708. The molecule has 0 saturated heterocycles. The molecule has 30 heavy (non-hydrogen) atoms. The first-order valence-corrected chi connectivity index (χ1v) is 10.8. The van der Waals surface area contributed by atoms with Gasteiger partial charge in [0.25, 0.3) is 0 Å². The average Bonchev–Trinajstić information content (AvgIpc) is 3.28. The van der Waals surface area contributed by atoms with Crippen LogP contribution in [0.1, 0.15) is 34.8 Å². The number of amides is 1. The smallest absolute Gasteiger partial charge is 0.305 e. The van der Waals surface area contributed by atoms with E-state index in [1.807, 2.05) is 36.6 Å². The number of methoxy groups -OCH3 is 1. The summed E-state index contributed by atoms with van der Waals surface area (Å²) in [5, 5.41) is 5.74. The largest absolute Gasteiger partial charge is 0.469 e. The van der Waals surface area contributed by atoms with Crippen LogP contribution in [-0.4, -0.2) is 28.5 Å². The second-order valence-corrected chi connectivity index (χ2v) is 8.23. The molecule has 3 aromatic rings. The number of esters is 1. The van der Waals surface area contributed by atoms with Crippen LogP contribution in [0.2, 0.25) is 0 Å². The number of carbonyl (C=O) groups excluding carboxylic acids is 2. The van der Waals surface area contributed by atoms with Crippen LogP contribution in [0, 0.1) is 20.8 Å². The van der Waals surface area contributed by atoms with Crippen LogP contribution in [0.4, 0.5) is 5.69 Å². The molecule has 0 bridgehead atoms. The summed E-state index contributed by atoms with van der Waals surface area (Å²) in [4.78, 5) is 28.5. The van der Waals surface area contributed by atoms with Gasteiger partial charge >= 0.3 is 5.97 Å². The van der Waals surface area contributed by atoms with Crippen LogP contribution in [0.3, 0.4) is 0 Å². The third-order valence-electron chi connectivity index (χ3n) is 5.12. The number of aryl methyl sites for hydroxylation is 2. The van der Waals surface area contributed by atoms with Gasteiger partial charge in [-0.25, -0.2) is 4.98 Å². The number of benzene rings is 1. The molecule has 2 aromatic heterocycles. The Labute approximate surface area is 180 Å². The molecule has 3 rings (SSSR count). The number of aromatic nitrogens is 2. The van der Waals surface area contributed by atoms with Gasteiger partial charge in [-0.1, -0.05) is 18.2 Å². The Bertz CT molecular complexity index is 1050. The number of hydrogen-bond donors (Lipinski definition) is 1. The third kappa shape index (κ3) is 5.16. The number of nitrogens with zero attached hydrogens (tertiary/aromatic N) is 2. The first-order valence-electron chi connectivity index (χ1n) is 9.93. The van der Waals surface area contributed by atoms with Crippen molar-refractivity contribution in [2.45, 2.75) is 46.6 Å². The van der Waals surface area contributed by atoms with E-state index in [-0.39, 0.29) is 18.3 Å². The van der Waals surface area contributed by atoms with Gasteiger partial charge in [-0.3, -0.25) is 9.59 Å². The lowest BCUT2D eigenvalue weighted by atomic mass is 10.2. The van der Waals surface area contributed by atoms with Crippen LogP contribution in [-0.2, 0) is 27.3 Å². The highest BCUT2D eigenvalue weighted by molar-refractivity contribution is 7.10. The maximum absolute atomic E-state index is 12.4. The van der Waals surface area contributed by atoms with Crippen LogP contribution < -0.4 is 5.32 Å². The zero-order valence-electron chi connectivity index (χ0n) is 17.8. The van der Waals surface area contributed by atoms with Gasteiger partial charge in [0.05, 0.1) is 19.2 Å². The van der Waals surface area contributed by atoms with Crippen molar-refractivity contribution >= 4 is 28.9 Å². The van der Waals surface area contributed by atoms with E-state index in [0.29, 0.717) is 6.42 Å². The van der Waals surface area contributed by atoms with Gasteiger partial charge in [0, 0.05) is 41.0 Å². The number of nitrogens with one attached hydrogen (secondary N) is 1. The number of hydrogen-bond acceptors (Lipinski definition) is 5. The highest BCUT2D eigenvalue weighted by atomic mass is 32.1. The summed E-state index contributed by atoms with van der Waals surface area (Å²) in [7, 11) is 1.41. The summed E-state index contributed by atoms with van der Waals surface area (Å²) < 4.78 is 6.91. The summed E-state index contributed by atoms with van der Waals surface area (Å²) in [6.45, 7) is 6.84. The molecule has 0 spiro atoms. The minimum atomic E-state index is -0.189. The average molecular weight is 426 g/mol. The molecule has 1 amide bonds. The number of carbonyl (C=O) groups is 2. The van der Waals surface area contributed by atoms with Gasteiger partial charge < -0.3 is 14.6 Å². The van der Waals surface area contributed by atoms with Gasteiger partial charge in [-0.2, -0.15) is 0 Å². The van der Waals surface area contributed by atoms with Crippen molar-refractivity contribution in [1.82, 2.24) is 9.55 Å². The topological polar surface area (TPSA) is 73.2 Å². The molecule has 0 aliphatic carbocycles. The van der Waals surface area contributed by atoms with Gasteiger partial charge in [0.1, 0.15) is 5.01 Å². The Morgan fingerprint density at radius 1 is 1.20 bits per heavy atom. The summed E-state index contributed by atoms with van der Waals surface area (Å²) >= 11 is 1.49. The second-order valence-electron chi connectivity index (χ2n) is 7.28. The SMILES string of the molecule is COC(=O)CCCn1c(C)cc(-c2csc(CC(=O)Nc3ccccc3C)n2)c1C. The zero-order chi connectivity index (χ0) is 21.7. The van der Waals surface area contributed by atoms with Gasteiger partial charge in [-0.15, -0.1) is 11.3 Å². The number of thiazole rings is 1. The molecule has 0 atom stereocenters. The van der Waals surface area contributed by atoms with E-state index in [0.717, 1.165) is 51.9 Å². The molecule has 0 radical (unpaired) electrons. The highest BCUT2D eigenvalue weighted by Gasteiger charge is 2.15. The summed E-state index contributed by atoms with van der Waals surface area (Å²) in [5.41, 5.74) is 6.04. The lowest BCUT2D eigenvalue weighted by Crippen LogP contribution is -2.14. The first kappa shape index (κ1) is 21.8. The monoisotopic (exact) mass is 425 g/mol. The van der Waals surface area contributed by atoms with E-state index in [1.54, 1.807) is 0 Å². The van der Waals surface area contributed by atoms with Crippen LogP contribution in [0.5, 0.6) is 0 Å². The molecule has 158 valence electrons. The van der Waals surface area contributed by atoms with E-state index >= 15 is 0 Å².